The number of hydrogen-bond donors (Lipinski definition) is 1. The molecular formula is C11H18N2O4S. The Morgan fingerprint density at radius 3 is 2.83 bits per heavy atom. The molecule has 1 atom stereocenters. The largest absolute Gasteiger partial charge is 0.388 e. The SMILES string of the molecule is COCCCN(C)c1sc([C@@H](C)O)cc1[N+](=O)[O-]. The van der Waals surface area contributed by atoms with Gasteiger partial charge in [0.2, 0.25) is 0 Å². The molecule has 0 aliphatic heterocycles. The van der Waals surface area contributed by atoms with Gasteiger partial charge in [-0.1, -0.05) is 0 Å². The average Bonchev–Trinajstić information content (AvgIpc) is 2.74. The van der Waals surface area contributed by atoms with Crippen LogP contribution < -0.4 is 4.90 Å². The summed E-state index contributed by atoms with van der Waals surface area (Å²) in [7, 11) is 3.43. The fourth-order valence-corrected chi connectivity index (χ4v) is 2.60. The maximum Gasteiger partial charge on any atom is 0.304 e. The molecule has 0 spiro atoms. The zero-order valence-corrected chi connectivity index (χ0v) is 11.6. The Bertz CT molecular complexity index is 406. The molecule has 7 heteroatoms. The van der Waals surface area contributed by atoms with E-state index in [2.05, 4.69) is 0 Å². The summed E-state index contributed by atoms with van der Waals surface area (Å²) >= 11 is 1.26. The summed E-state index contributed by atoms with van der Waals surface area (Å²) in [6, 6.07) is 1.44. The molecule has 0 amide bonds. The van der Waals surface area contributed by atoms with Gasteiger partial charge in [-0.05, 0) is 13.3 Å². The van der Waals surface area contributed by atoms with Crippen molar-refractivity contribution in [1.29, 1.82) is 0 Å². The maximum absolute atomic E-state index is 11.0. The molecule has 1 rings (SSSR count). The highest BCUT2D eigenvalue weighted by Gasteiger charge is 2.23. The highest BCUT2D eigenvalue weighted by Crippen LogP contribution is 2.39. The molecule has 0 fully saturated rings. The molecule has 1 N–H and O–H groups in total. The quantitative estimate of drug-likeness (QED) is 0.468. The lowest BCUT2D eigenvalue weighted by atomic mass is 10.3. The summed E-state index contributed by atoms with van der Waals surface area (Å²) < 4.78 is 4.95. The van der Waals surface area contributed by atoms with E-state index in [9.17, 15) is 15.2 Å². The normalized spacial score (nSPS) is 12.4. The number of nitrogens with zero attached hydrogens (tertiary/aromatic N) is 2. The van der Waals surface area contributed by atoms with Gasteiger partial charge in [0.15, 0.2) is 5.00 Å². The lowest BCUT2D eigenvalue weighted by Crippen LogP contribution is -2.19. The van der Waals surface area contributed by atoms with Crippen LogP contribution in [0.4, 0.5) is 10.7 Å². The minimum Gasteiger partial charge on any atom is -0.388 e. The van der Waals surface area contributed by atoms with Crippen molar-refractivity contribution < 1.29 is 14.8 Å². The van der Waals surface area contributed by atoms with E-state index in [0.717, 1.165) is 6.42 Å². The second-order valence-corrected chi connectivity index (χ2v) is 5.10. The Morgan fingerprint density at radius 2 is 2.33 bits per heavy atom. The summed E-state index contributed by atoms with van der Waals surface area (Å²) in [5, 5.41) is 21.0. The smallest absolute Gasteiger partial charge is 0.304 e. The van der Waals surface area contributed by atoms with Crippen molar-refractivity contribution >= 4 is 22.0 Å². The number of ether oxygens (including phenoxy) is 1. The molecule has 0 aromatic carbocycles. The molecule has 18 heavy (non-hydrogen) atoms. The summed E-state index contributed by atoms with van der Waals surface area (Å²) in [6.45, 7) is 2.89. The number of rotatable bonds is 7. The second-order valence-electron chi connectivity index (χ2n) is 4.04. The molecule has 0 aliphatic carbocycles. The zero-order valence-electron chi connectivity index (χ0n) is 10.8. The minimum absolute atomic E-state index is 0.0517. The fourth-order valence-electron chi connectivity index (χ4n) is 1.55. The highest BCUT2D eigenvalue weighted by molar-refractivity contribution is 7.16. The first-order valence-corrected chi connectivity index (χ1v) is 6.45. The summed E-state index contributed by atoms with van der Waals surface area (Å²) in [4.78, 5) is 13.0. The molecule has 0 bridgehead atoms. The molecular weight excluding hydrogens is 256 g/mol. The Kier molecular flexibility index (Phi) is 5.52. The first-order chi connectivity index (χ1) is 8.47. The van der Waals surface area contributed by atoms with Gasteiger partial charge < -0.3 is 14.7 Å². The van der Waals surface area contributed by atoms with E-state index in [1.54, 1.807) is 21.1 Å². The lowest BCUT2D eigenvalue weighted by molar-refractivity contribution is -0.383. The molecule has 0 radical (unpaired) electrons. The standard InChI is InChI=1S/C11H18N2O4S/c1-8(14)10-7-9(13(15)16)11(18-10)12(2)5-4-6-17-3/h7-8,14H,4-6H2,1-3H3/t8-/m1/s1. The van der Waals surface area contributed by atoms with Gasteiger partial charge in [0.05, 0.1) is 11.0 Å². The van der Waals surface area contributed by atoms with Gasteiger partial charge in [-0.15, -0.1) is 11.3 Å². The highest BCUT2D eigenvalue weighted by atomic mass is 32.1. The van der Waals surface area contributed by atoms with E-state index in [0.29, 0.717) is 23.0 Å². The van der Waals surface area contributed by atoms with Gasteiger partial charge in [0.25, 0.3) is 0 Å². The van der Waals surface area contributed by atoms with E-state index in [-0.39, 0.29) is 5.69 Å². The van der Waals surface area contributed by atoms with Gasteiger partial charge in [-0.25, -0.2) is 0 Å². The molecule has 0 aliphatic rings. The average molecular weight is 274 g/mol. The second kappa shape index (κ2) is 6.67. The minimum atomic E-state index is -0.685. The van der Waals surface area contributed by atoms with Crippen LogP contribution in [-0.2, 0) is 4.74 Å². The van der Waals surface area contributed by atoms with Crippen LogP contribution in [0.25, 0.3) is 0 Å². The molecule has 1 aromatic rings. The van der Waals surface area contributed by atoms with Crippen LogP contribution in [-0.4, -0.2) is 37.3 Å². The van der Waals surface area contributed by atoms with Gasteiger partial charge in [0.1, 0.15) is 0 Å². The van der Waals surface area contributed by atoms with Crippen LogP contribution in [0.2, 0.25) is 0 Å². The molecule has 0 saturated heterocycles. The van der Waals surface area contributed by atoms with Gasteiger partial charge in [0, 0.05) is 38.3 Å². The predicted molar refractivity (Wildman–Crippen MR) is 71.4 cm³/mol. The van der Waals surface area contributed by atoms with E-state index < -0.39 is 11.0 Å². The van der Waals surface area contributed by atoms with Crippen molar-refractivity contribution in [3.8, 4) is 0 Å². The number of hydrogen-bond acceptors (Lipinski definition) is 6. The van der Waals surface area contributed by atoms with Crippen LogP contribution in [0.1, 0.15) is 24.3 Å². The van der Waals surface area contributed by atoms with E-state index in [1.807, 2.05) is 4.90 Å². The predicted octanol–water partition coefficient (Wildman–Crippen LogP) is 2.18. The zero-order chi connectivity index (χ0) is 13.7. The third-order valence-corrected chi connectivity index (χ3v) is 3.92. The number of aliphatic hydroxyl groups is 1. The first-order valence-electron chi connectivity index (χ1n) is 5.63. The van der Waals surface area contributed by atoms with Crippen LogP contribution >= 0.6 is 11.3 Å². The van der Waals surface area contributed by atoms with Gasteiger partial charge in [-0.3, -0.25) is 10.1 Å². The molecule has 0 saturated carbocycles. The Hall–Kier alpha value is -1.18. The number of thiophene rings is 1. The summed E-state index contributed by atoms with van der Waals surface area (Å²) in [5.41, 5.74) is 0.0517. The van der Waals surface area contributed by atoms with Gasteiger partial charge in [-0.2, -0.15) is 0 Å². The van der Waals surface area contributed by atoms with Crippen molar-refractivity contribution in [2.75, 3.05) is 32.2 Å². The molecule has 102 valence electrons. The van der Waals surface area contributed by atoms with Crippen molar-refractivity contribution in [3.05, 3.63) is 21.1 Å². The lowest BCUT2D eigenvalue weighted by Gasteiger charge is -2.16. The van der Waals surface area contributed by atoms with Crippen molar-refractivity contribution in [3.63, 3.8) is 0 Å². The molecule has 0 unspecified atom stereocenters. The van der Waals surface area contributed by atoms with Crippen LogP contribution in [0.5, 0.6) is 0 Å². The topological polar surface area (TPSA) is 75.8 Å². The molecule has 1 heterocycles. The number of nitro groups is 1. The van der Waals surface area contributed by atoms with E-state index in [1.165, 1.54) is 17.4 Å². The molecule has 1 aromatic heterocycles. The number of methoxy groups -OCH3 is 1. The van der Waals surface area contributed by atoms with Crippen molar-refractivity contribution in [2.24, 2.45) is 0 Å². The van der Waals surface area contributed by atoms with Crippen molar-refractivity contribution in [2.45, 2.75) is 19.4 Å². The monoisotopic (exact) mass is 274 g/mol. The van der Waals surface area contributed by atoms with Crippen LogP contribution in [0, 0.1) is 10.1 Å². The Labute approximate surface area is 110 Å². The summed E-state index contributed by atoms with van der Waals surface area (Å²) in [6.07, 6.45) is 0.112. The number of aliphatic hydroxyl groups excluding tert-OH is 1. The Morgan fingerprint density at radius 1 is 1.67 bits per heavy atom. The van der Waals surface area contributed by atoms with Crippen molar-refractivity contribution in [1.82, 2.24) is 0 Å². The number of anilines is 1. The molecule has 6 nitrogen and oxygen atoms in total. The van der Waals surface area contributed by atoms with Crippen LogP contribution in [0.3, 0.4) is 0 Å². The van der Waals surface area contributed by atoms with Gasteiger partial charge >= 0.3 is 5.69 Å². The maximum atomic E-state index is 11.0. The van der Waals surface area contributed by atoms with E-state index in [4.69, 9.17) is 4.74 Å². The van der Waals surface area contributed by atoms with E-state index >= 15 is 0 Å². The van der Waals surface area contributed by atoms with Crippen LogP contribution in [0.15, 0.2) is 6.07 Å². The Balaban J connectivity index is 2.88. The third-order valence-electron chi connectivity index (χ3n) is 2.51. The first kappa shape index (κ1) is 14.9. The summed E-state index contributed by atoms with van der Waals surface area (Å²) in [5.74, 6) is 0. The third kappa shape index (κ3) is 3.66. The fraction of sp³-hybridized carbons (Fsp3) is 0.636.